The molecule has 0 radical (unpaired) electrons. The van der Waals surface area contributed by atoms with Gasteiger partial charge in [0.2, 0.25) is 5.91 Å². The number of amides is 6. The number of hydrogen-bond donors (Lipinski definition) is 2. The number of nitrogens with one attached hydrogen (secondary N) is 2. The number of imide groups is 2. The summed E-state index contributed by atoms with van der Waals surface area (Å²) in [4.78, 5) is 61.2. The van der Waals surface area contributed by atoms with E-state index in [0.29, 0.717) is 17.5 Å². The van der Waals surface area contributed by atoms with Crippen molar-refractivity contribution in [3.8, 4) is 0 Å². The first-order valence-electron chi connectivity index (χ1n) is 8.43. The maximum Gasteiger partial charge on any atom is 0.314 e. The molecule has 142 valence electrons. The van der Waals surface area contributed by atoms with Gasteiger partial charge in [-0.25, -0.2) is 4.79 Å². The average Bonchev–Trinajstić information content (AvgIpc) is 3.10. The SMILES string of the molecule is O=C(NCCCN1C(=O)c2ccccc2C1=O)NCCN1C(=O)CSC1=O. The molecule has 10 heteroatoms. The van der Waals surface area contributed by atoms with Crippen LogP contribution in [0, 0.1) is 0 Å². The first-order valence-corrected chi connectivity index (χ1v) is 9.41. The zero-order valence-electron chi connectivity index (χ0n) is 14.4. The molecule has 9 nitrogen and oxygen atoms in total. The predicted octanol–water partition coefficient (Wildman–Crippen LogP) is 0.667. The zero-order valence-corrected chi connectivity index (χ0v) is 15.2. The molecule has 0 bridgehead atoms. The Morgan fingerprint density at radius 3 is 2.15 bits per heavy atom. The normalized spacial score (nSPS) is 16.1. The van der Waals surface area contributed by atoms with Crippen LogP contribution in [0.15, 0.2) is 24.3 Å². The minimum Gasteiger partial charge on any atom is -0.338 e. The Morgan fingerprint density at radius 2 is 1.56 bits per heavy atom. The molecule has 2 aliphatic heterocycles. The van der Waals surface area contributed by atoms with Crippen molar-refractivity contribution in [2.24, 2.45) is 0 Å². The van der Waals surface area contributed by atoms with Gasteiger partial charge >= 0.3 is 6.03 Å². The van der Waals surface area contributed by atoms with Gasteiger partial charge in [-0.05, 0) is 18.6 Å². The molecule has 0 saturated carbocycles. The van der Waals surface area contributed by atoms with E-state index in [1.165, 1.54) is 4.90 Å². The number of thioether (sulfide) groups is 1. The van der Waals surface area contributed by atoms with E-state index in [1.807, 2.05) is 0 Å². The number of carbonyl (C=O) groups excluding carboxylic acids is 5. The fraction of sp³-hybridized carbons (Fsp3) is 0.353. The zero-order chi connectivity index (χ0) is 19.4. The molecule has 0 spiro atoms. The summed E-state index contributed by atoms with van der Waals surface area (Å²) < 4.78 is 0. The summed E-state index contributed by atoms with van der Waals surface area (Å²) in [7, 11) is 0. The molecule has 0 aromatic heterocycles. The third-order valence-electron chi connectivity index (χ3n) is 4.18. The van der Waals surface area contributed by atoms with Crippen molar-refractivity contribution >= 4 is 40.8 Å². The second-order valence-corrected chi connectivity index (χ2v) is 6.87. The Hall–Kier alpha value is -2.88. The third kappa shape index (κ3) is 4.11. The van der Waals surface area contributed by atoms with E-state index < -0.39 is 6.03 Å². The van der Waals surface area contributed by atoms with Crippen LogP contribution in [0.2, 0.25) is 0 Å². The first-order chi connectivity index (χ1) is 13.0. The maximum atomic E-state index is 12.2. The number of rotatable bonds is 7. The number of urea groups is 1. The minimum atomic E-state index is -0.441. The van der Waals surface area contributed by atoms with Crippen LogP contribution in [0.1, 0.15) is 27.1 Å². The molecule has 2 heterocycles. The molecule has 1 saturated heterocycles. The molecule has 0 unspecified atom stereocenters. The van der Waals surface area contributed by atoms with Gasteiger partial charge < -0.3 is 10.6 Å². The first kappa shape index (κ1) is 18.9. The molecule has 2 aliphatic rings. The third-order valence-corrected chi connectivity index (χ3v) is 5.04. The van der Waals surface area contributed by atoms with Crippen molar-refractivity contribution in [2.75, 3.05) is 31.9 Å². The van der Waals surface area contributed by atoms with E-state index in [0.717, 1.165) is 16.7 Å². The van der Waals surface area contributed by atoms with Gasteiger partial charge in [0.15, 0.2) is 0 Å². The van der Waals surface area contributed by atoms with Gasteiger partial charge in [-0.15, -0.1) is 0 Å². The molecule has 0 atom stereocenters. The largest absolute Gasteiger partial charge is 0.338 e. The maximum absolute atomic E-state index is 12.2. The van der Waals surface area contributed by atoms with Crippen molar-refractivity contribution < 1.29 is 24.0 Å². The second-order valence-electron chi connectivity index (χ2n) is 5.94. The quantitative estimate of drug-likeness (QED) is 0.522. The van der Waals surface area contributed by atoms with Crippen LogP contribution >= 0.6 is 11.8 Å². The summed E-state index contributed by atoms with van der Waals surface area (Å²) in [5.74, 6) is -0.757. The van der Waals surface area contributed by atoms with Gasteiger partial charge in [0.25, 0.3) is 17.1 Å². The minimum absolute atomic E-state index is 0.132. The number of hydrogen-bond acceptors (Lipinski definition) is 6. The van der Waals surface area contributed by atoms with Gasteiger partial charge in [-0.3, -0.25) is 29.0 Å². The van der Waals surface area contributed by atoms with E-state index in [-0.39, 0.29) is 54.9 Å². The van der Waals surface area contributed by atoms with Gasteiger partial charge in [0, 0.05) is 26.2 Å². The number of fused-ring (bicyclic) bond motifs is 1. The second kappa shape index (κ2) is 8.21. The Kier molecular flexibility index (Phi) is 5.75. The fourth-order valence-corrected chi connectivity index (χ4v) is 3.57. The van der Waals surface area contributed by atoms with E-state index >= 15 is 0 Å². The molecule has 0 aliphatic carbocycles. The van der Waals surface area contributed by atoms with Crippen molar-refractivity contribution in [1.29, 1.82) is 0 Å². The predicted molar refractivity (Wildman–Crippen MR) is 97.4 cm³/mol. The van der Waals surface area contributed by atoms with Gasteiger partial charge in [-0.1, -0.05) is 23.9 Å². The van der Waals surface area contributed by atoms with Crippen LogP contribution in [0.25, 0.3) is 0 Å². The molecule has 1 aromatic rings. The van der Waals surface area contributed by atoms with Crippen LogP contribution in [0.3, 0.4) is 0 Å². The van der Waals surface area contributed by atoms with Crippen LogP contribution in [-0.2, 0) is 4.79 Å². The Bertz CT molecular complexity index is 761. The summed E-state index contributed by atoms with van der Waals surface area (Å²) in [5, 5.41) is 4.87. The van der Waals surface area contributed by atoms with Gasteiger partial charge in [0.1, 0.15) is 0 Å². The van der Waals surface area contributed by atoms with Crippen molar-refractivity contribution in [1.82, 2.24) is 20.4 Å². The molecule has 2 N–H and O–H groups in total. The van der Waals surface area contributed by atoms with Crippen LogP contribution in [0.4, 0.5) is 9.59 Å². The molecule has 27 heavy (non-hydrogen) atoms. The monoisotopic (exact) mass is 390 g/mol. The standard InChI is InChI=1S/C17H18N4O5S/c22-13-10-27-17(26)20(13)9-7-19-16(25)18-6-3-8-21-14(23)11-4-1-2-5-12(11)15(21)24/h1-2,4-5H,3,6-10H2,(H2,18,19,25). The topological polar surface area (TPSA) is 116 Å². The molecular formula is C17H18N4O5S. The number of benzene rings is 1. The lowest BCUT2D eigenvalue weighted by Gasteiger charge is -2.15. The van der Waals surface area contributed by atoms with Crippen LogP contribution in [-0.4, -0.2) is 70.7 Å². The van der Waals surface area contributed by atoms with E-state index in [1.54, 1.807) is 24.3 Å². The van der Waals surface area contributed by atoms with E-state index in [4.69, 9.17) is 0 Å². The fourth-order valence-electron chi connectivity index (χ4n) is 2.82. The highest BCUT2D eigenvalue weighted by Crippen LogP contribution is 2.22. The Balaban J connectivity index is 1.34. The lowest BCUT2D eigenvalue weighted by Crippen LogP contribution is -2.42. The molecular weight excluding hydrogens is 372 g/mol. The molecule has 3 rings (SSSR count). The summed E-state index contributed by atoms with van der Waals surface area (Å²) in [6.45, 7) is 0.771. The average molecular weight is 390 g/mol. The number of nitrogens with zero attached hydrogens (tertiary/aromatic N) is 2. The van der Waals surface area contributed by atoms with E-state index in [9.17, 15) is 24.0 Å². The highest BCUT2D eigenvalue weighted by molar-refractivity contribution is 8.14. The van der Waals surface area contributed by atoms with Gasteiger partial charge in [-0.2, -0.15) is 0 Å². The van der Waals surface area contributed by atoms with Crippen molar-refractivity contribution in [2.45, 2.75) is 6.42 Å². The molecule has 1 aromatic carbocycles. The summed E-state index contributed by atoms with van der Waals surface area (Å²) in [5.41, 5.74) is 0.801. The lowest BCUT2D eigenvalue weighted by atomic mass is 10.1. The summed E-state index contributed by atoms with van der Waals surface area (Å²) in [6.07, 6.45) is 0.415. The number of carbonyl (C=O) groups is 5. The molecule has 1 fully saturated rings. The summed E-state index contributed by atoms with van der Waals surface area (Å²) in [6, 6.07) is 6.22. The summed E-state index contributed by atoms with van der Waals surface area (Å²) >= 11 is 0.946. The van der Waals surface area contributed by atoms with E-state index in [2.05, 4.69) is 10.6 Å². The van der Waals surface area contributed by atoms with Crippen molar-refractivity contribution in [3.63, 3.8) is 0 Å². The Labute approximate surface area is 159 Å². The van der Waals surface area contributed by atoms with Crippen LogP contribution in [0.5, 0.6) is 0 Å². The molecule has 6 amide bonds. The highest BCUT2D eigenvalue weighted by atomic mass is 32.2. The van der Waals surface area contributed by atoms with Crippen LogP contribution < -0.4 is 10.6 Å². The highest BCUT2D eigenvalue weighted by Gasteiger charge is 2.34. The van der Waals surface area contributed by atoms with Crippen molar-refractivity contribution in [3.05, 3.63) is 35.4 Å². The van der Waals surface area contributed by atoms with Gasteiger partial charge in [0.05, 0.1) is 16.9 Å². The lowest BCUT2D eigenvalue weighted by molar-refractivity contribution is -0.124. The smallest absolute Gasteiger partial charge is 0.314 e. The Morgan fingerprint density at radius 1 is 0.926 bits per heavy atom.